The number of ether oxygens (including phenoxy) is 1. The summed E-state index contributed by atoms with van der Waals surface area (Å²) < 4.78 is 10.8. The monoisotopic (exact) mass is 294 g/mol. The molecule has 0 saturated carbocycles. The highest BCUT2D eigenvalue weighted by Crippen LogP contribution is 2.24. The summed E-state index contributed by atoms with van der Waals surface area (Å²) >= 11 is 0. The Morgan fingerprint density at radius 3 is 2.76 bits per heavy atom. The fourth-order valence-corrected chi connectivity index (χ4v) is 3.25. The maximum absolute atomic E-state index is 5.43. The number of hydrogen-bond acceptors (Lipinski definition) is 6. The topological polar surface area (TPSA) is 54.6 Å². The lowest BCUT2D eigenvalue weighted by Crippen LogP contribution is -2.47. The molecular weight excluding hydrogens is 268 g/mol. The third-order valence-electron chi connectivity index (χ3n) is 4.75. The Balaban J connectivity index is 1.52. The lowest BCUT2D eigenvalue weighted by molar-refractivity contribution is 0.0468. The molecule has 0 aromatic carbocycles. The molecule has 0 spiro atoms. The van der Waals surface area contributed by atoms with Crippen LogP contribution in [0, 0.1) is 12.8 Å². The minimum atomic E-state index is 0.231. The summed E-state index contributed by atoms with van der Waals surface area (Å²) in [5.41, 5.74) is 0. The molecule has 0 amide bonds. The van der Waals surface area contributed by atoms with Crippen molar-refractivity contribution in [3.63, 3.8) is 0 Å². The molecular formula is C15H26N4O2. The first-order chi connectivity index (χ1) is 10.2. The molecule has 2 fully saturated rings. The van der Waals surface area contributed by atoms with E-state index in [9.17, 15) is 0 Å². The van der Waals surface area contributed by atoms with E-state index in [2.05, 4.69) is 27.0 Å². The van der Waals surface area contributed by atoms with Crippen LogP contribution < -0.4 is 0 Å². The van der Waals surface area contributed by atoms with Crippen LogP contribution in [0.15, 0.2) is 4.52 Å². The predicted molar refractivity (Wildman–Crippen MR) is 79.0 cm³/mol. The van der Waals surface area contributed by atoms with Crippen LogP contribution in [-0.2, 0) is 4.74 Å². The van der Waals surface area contributed by atoms with Crippen molar-refractivity contribution >= 4 is 0 Å². The Hall–Kier alpha value is -0.980. The highest BCUT2D eigenvalue weighted by molar-refractivity contribution is 4.95. The zero-order valence-electron chi connectivity index (χ0n) is 13.1. The van der Waals surface area contributed by atoms with Crippen LogP contribution in [0.1, 0.15) is 37.0 Å². The van der Waals surface area contributed by atoms with E-state index in [0.29, 0.717) is 0 Å². The summed E-state index contributed by atoms with van der Waals surface area (Å²) in [4.78, 5) is 9.27. The van der Waals surface area contributed by atoms with Crippen molar-refractivity contribution in [2.24, 2.45) is 5.92 Å². The normalized spacial score (nSPS) is 26.3. The molecule has 1 atom stereocenters. The van der Waals surface area contributed by atoms with E-state index in [1.165, 1.54) is 25.8 Å². The van der Waals surface area contributed by atoms with Gasteiger partial charge in [-0.2, -0.15) is 4.98 Å². The van der Waals surface area contributed by atoms with Crippen molar-refractivity contribution in [3.05, 3.63) is 11.7 Å². The molecule has 0 unspecified atom stereocenters. The largest absolute Gasteiger partial charge is 0.381 e. The van der Waals surface area contributed by atoms with Gasteiger partial charge in [0.05, 0.1) is 0 Å². The average molecular weight is 294 g/mol. The van der Waals surface area contributed by atoms with Gasteiger partial charge in [0.25, 0.3) is 0 Å². The lowest BCUT2D eigenvalue weighted by atomic mass is 9.96. The van der Waals surface area contributed by atoms with E-state index in [0.717, 1.165) is 50.5 Å². The second kappa shape index (κ2) is 6.85. The standard InChI is InChI=1S/C15H26N4O2/c1-12-16-15(21-17-12)14-11-19(8-7-18(14)2)6-3-13-4-9-20-10-5-13/h13-14H,3-11H2,1-2H3/t14-/m1/s1. The number of piperazine rings is 1. The highest BCUT2D eigenvalue weighted by Gasteiger charge is 2.30. The van der Waals surface area contributed by atoms with Crippen LogP contribution in [0.2, 0.25) is 0 Å². The zero-order chi connectivity index (χ0) is 14.7. The van der Waals surface area contributed by atoms with Crippen molar-refractivity contribution < 1.29 is 9.26 Å². The molecule has 1 aromatic rings. The molecule has 1 aromatic heterocycles. The maximum Gasteiger partial charge on any atom is 0.245 e. The summed E-state index contributed by atoms with van der Waals surface area (Å²) in [6.45, 7) is 8.10. The van der Waals surface area contributed by atoms with Crippen LogP contribution in [0.5, 0.6) is 0 Å². The smallest absolute Gasteiger partial charge is 0.245 e. The van der Waals surface area contributed by atoms with Gasteiger partial charge in [0.2, 0.25) is 5.89 Å². The molecule has 118 valence electrons. The second-order valence-corrected chi connectivity index (χ2v) is 6.32. The molecule has 3 rings (SSSR count). The van der Waals surface area contributed by atoms with Crippen LogP contribution in [0.4, 0.5) is 0 Å². The number of nitrogens with zero attached hydrogens (tertiary/aromatic N) is 4. The molecule has 2 saturated heterocycles. The number of hydrogen-bond donors (Lipinski definition) is 0. The number of aryl methyl sites for hydroxylation is 1. The minimum absolute atomic E-state index is 0.231. The SMILES string of the molecule is Cc1noc([C@H]2CN(CCC3CCOCC3)CCN2C)n1. The van der Waals surface area contributed by atoms with Crippen molar-refractivity contribution in [1.29, 1.82) is 0 Å². The molecule has 2 aliphatic heterocycles. The van der Waals surface area contributed by atoms with Gasteiger partial charge in [0, 0.05) is 32.8 Å². The molecule has 2 aliphatic rings. The van der Waals surface area contributed by atoms with Gasteiger partial charge in [-0.05, 0) is 45.7 Å². The second-order valence-electron chi connectivity index (χ2n) is 6.32. The number of rotatable bonds is 4. The summed E-state index contributed by atoms with van der Waals surface area (Å²) in [5, 5.41) is 3.93. The fraction of sp³-hybridized carbons (Fsp3) is 0.867. The van der Waals surface area contributed by atoms with Crippen LogP contribution in [-0.4, -0.2) is 66.4 Å². The van der Waals surface area contributed by atoms with Crippen molar-refractivity contribution in [1.82, 2.24) is 19.9 Å². The lowest BCUT2D eigenvalue weighted by Gasteiger charge is -2.38. The quantitative estimate of drug-likeness (QED) is 0.838. The summed E-state index contributed by atoms with van der Waals surface area (Å²) in [7, 11) is 2.14. The fourth-order valence-electron chi connectivity index (χ4n) is 3.25. The minimum Gasteiger partial charge on any atom is -0.381 e. The first-order valence-corrected chi connectivity index (χ1v) is 8.03. The third-order valence-corrected chi connectivity index (χ3v) is 4.75. The van der Waals surface area contributed by atoms with Crippen molar-refractivity contribution in [2.75, 3.05) is 46.4 Å². The maximum atomic E-state index is 5.43. The molecule has 0 aliphatic carbocycles. The van der Waals surface area contributed by atoms with Gasteiger partial charge < -0.3 is 9.26 Å². The molecule has 0 bridgehead atoms. The van der Waals surface area contributed by atoms with Gasteiger partial charge in [-0.25, -0.2) is 0 Å². The van der Waals surface area contributed by atoms with Gasteiger partial charge in [0.15, 0.2) is 5.82 Å². The first-order valence-electron chi connectivity index (χ1n) is 8.03. The third kappa shape index (κ3) is 3.81. The summed E-state index contributed by atoms with van der Waals surface area (Å²) in [6, 6.07) is 0.231. The molecule has 0 N–H and O–H groups in total. The summed E-state index contributed by atoms with van der Waals surface area (Å²) in [6.07, 6.45) is 3.72. The first kappa shape index (κ1) is 14.9. The van der Waals surface area contributed by atoms with Crippen molar-refractivity contribution in [2.45, 2.75) is 32.2 Å². The van der Waals surface area contributed by atoms with Gasteiger partial charge in [-0.1, -0.05) is 5.16 Å². The molecule has 3 heterocycles. The van der Waals surface area contributed by atoms with E-state index in [4.69, 9.17) is 9.26 Å². The van der Waals surface area contributed by atoms with Crippen molar-refractivity contribution in [3.8, 4) is 0 Å². The van der Waals surface area contributed by atoms with Crippen LogP contribution >= 0.6 is 0 Å². The number of likely N-dealkylation sites (N-methyl/N-ethyl adjacent to an activating group) is 1. The van der Waals surface area contributed by atoms with Gasteiger partial charge in [-0.15, -0.1) is 0 Å². The molecule has 6 heteroatoms. The Morgan fingerprint density at radius 1 is 1.24 bits per heavy atom. The van der Waals surface area contributed by atoms with E-state index >= 15 is 0 Å². The van der Waals surface area contributed by atoms with Gasteiger partial charge in [-0.3, -0.25) is 9.80 Å². The van der Waals surface area contributed by atoms with E-state index in [1.54, 1.807) is 0 Å². The Bertz CT molecular complexity index is 445. The molecule has 0 radical (unpaired) electrons. The average Bonchev–Trinajstić information content (AvgIpc) is 2.94. The zero-order valence-corrected chi connectivity index (χ0v) is 13.1. The Labute approximate surface area is 126 Å². The highest BCUT2D eigenvalue weighted by atomic mass is 16.5. The Morgan fingerprint density at radius 2 is 2.05 bits per heavy atom. The number of aromatic nitrogens is 2. The van der Waals surface area contributed by atoms with Gasteiger partial charge in [0.1, 0.15) is 6.04 Å². The van der Waals surface area contributed by atoms with Crippen LogP contribution in [0.25, 0.3) is 0 Å². The predicted octanol–water partition coefficient (Wildman–Crippen LogP) is 1.48. The van der Waals surface area contributed by atoms with E-state index in [-0.39, 0.29) is 6.04 Å². The molecule has 6 nitrogen and oxygen atoms in total. The van der Waals surface area contributed by atoms with Crippen LogP contribution in [0.3, 0.4) is 0 Å². The molecule has 21 heavy (non-hydrogen) atoms. The summed E-state index contributed by atoms with van der Waals surface area (Å²) in [5.74, 6) is 2.31. The Kier molecular flexibility index (Phi) is 4.87. The van der Waals surface area contributed by atoms with Gasteiger partial charge >= 0.3 is 0 Å². The van der Waals surface area contributed by atoms with E-state index in [1.807, 2.05) is 6.92 Å². The van der Waals surface area contributed by atoms with E-state index < -0.39 is 0 Å².